The van der Waals surface area contributed by atoms with Gasteiger partial charge in [-0.1, -0.05) is 29.3 Å². The molecule has 2 aromatic heterocycles. The monoisotopic (exact) mass is 723 g/mol. The number of pyridine rings is 1. The van der Waals surface area contributed by atoms with E-state index in [-0.39, 0.29) is 56.5 Å². The van der Waals surface area contributed by atoms with Gasteiger partial charge in [-0.05, 0) is 72.4 Å². The van der Waals surface area contributed by atoms with Crippen LogP contribution < -0.4 is 9.47 Å². The molecule has 16 heteroatoms. The van der Waals surface area contributed by atoms with Crippen LogP contribution in [0.5, 0.6) is 17.2 Å². The van der Waals surface area contributed by atoms with Gasteiger partial charge in [0, 0.05) is 39.1 Å². The van der Waals surface area contributed by atoms with Crippen molar-refractivity contribution in [2.45, 2.75) is 36.9 Å². The Morgan fingerprint density at radius 2 is 1.77 bits per heavy atom. The van der Waals surface area contributed by atoms with Crippen LogP contribution in [0, 0.1) is 5.92 Å². The molecule has 48 heavy (non-hydrogen) atoms. The molecule has 0 spiro atoms. The molecule has 0 aliphatic heterocycles. The Morgan fingerprint density at radius 3 is 2.42 bits per heavy atom. The Balaban J connectivity index is 1.51. The third-order valence-corrected chi connectivity index (χ3v) is 9.74. The fraction of sp³-hybridized carbons (Fsp3) is 0.281. The summed E-state index contributed by atoms with van der Waals surface area (Å²) in [6.07, 6.45) is 4.37. The van der Waals surface area contributed by atoms with Crippen LogP contribution >= 0.6 is 23.2 Å². The van der Waals surface area contributed by atoms with Gasteiger partial charge in [-0.2, -0.15) is 8.78 Å². The second-order valence-corrected chi connectivity index (χ2v) is 13.7. The molecule has 2 heterocycles. The third kappa shape index (κ3) is 7.83. The minimum absolute atomic E-state index is 0.00553. The van der Waals surface area contributed by atoms with Crippen LogP contribution in [0.2, 0.25) is 10.0 Å². The molecule has 4 aromatic rings. The molecule has 0 radical (unpaired) electrons. The van der Waals surface area contributed by atoms with Crippen LogP contribution in [0.4, 0.5) is 8.78 Å². The number of rotatable bonds is 13. The summed E-state index contributed by atoms with van der Waals surface area (Å²) in [7, 11) is -1.62. The molecule has 2 aromatic carbocycles. The van der Waals surface area contributed by atoms with Crippen molar-refractivity contribution in [3.05, 3.63) is 99.6 Å². The molecule has 1 aliphatic carbocycles. The van der Waals surface area contributed by atoms with E-state index in [1.807, 2.05) is 0 Å². The van der Waals surface area contributed by atoms with E-state index in [2.05, 4.69) is 9.72 Å². The number of amides is 1. The first-order chi connectivity index (χ1) is 22.8. The number of carbonyl (C=O) groups excluding carboxylic acids is 2. The standard InChI is InChI=1S/C32H29Cl2F2N3O8S/c1-38(2)30(41)22-13-20(8-9-26(22)40)48(43,44)39-11-3-4-25(39)31(42)46-28(14-21-23(33)15-37-16-24(21)34)19-7-10-27(47-32(35)36)29(12-19)45-17-18-5-6-18/h3-4,7-13,15-16,18,28,32,40H,5-6,14,17H2,1-2H3/t28-/m0/s1. The molecule has 1 saturated carbocycles. The number of benzene rings is 2. The van der Waals surface area contributed by atoms with Crippen LogP contribution in [0.25, 0.3) is 0 Å². The smallest absolute Gasteiger partial charge is 0.387 e. The van der Waals surface area contributed by atoms with Crippen molar-refractivity contribution in [2.24, 2.45) is 5.92 Å². The topological polar surface area (TPSA) is 137 Å². The van der Waals surface area contributed by atoms with Gasteiger partial charge in [0.15, 0.2) is 11.5 Å². The number of nitrogens with zero attached hydrogens (tertiary/aromatic N) is 3. The molecule has 5 rings (SSSR count). The molecule has 0 saturated heterocycles. The highest BCUT2D eigenvalue weighted by atomic mass is 35.5. The Kier molecular flexibility index (Phi) is 10.5. The predicted octanol–water partition coefficient (Wildman–Crippen LogP) is 6.37. The number of phenolic OH excluding ortho intramolecular Hbond substituents is 1. The lowest BCUT2D eigenvalue weighted by Gasteiger charge is -2.22. The lowest BCUT2D eigenvalue weighted by atomic mass is 10.0. The predicted molar refractivity (Wildman–Crippen MR) is 171 cm³/mol. The van der Waals surface area contributed by atoms with Crippen molar-refractivity contribution in [3.63, 3.8) is 0 Å². The maximum absolute atomic E-state index is 13.7. The number of halogens is 4. The van der Waals surface area contributed by atoms with Gasteiger partial charge in [0.05, 0.1) is 27.1 Å². The minimum Gasteiger partial charge on any atom is -0.507 e. The molecule has 11 nitrogen and oxygen atoms in total. The summed E-state index contributed by atoms with van der Waals surface area (Å²) < 4.78 is 70.8. The van der Waals surface area contributed by atoms with Gasteiger partial charge in [0.1, 0.15) is 17.5 Å². The van der Waals surface area contributed by atoms with E-state index in [1.165, 1.54) is 61.7 Å². The Bertz CT molecular complexity index is 1930. The maximum Gasteiger partial charge on any atom is 0.387 e. The SMILES string of the molecule is CN(C)C(=O)c1cc(S(=O)(=O)n2cccc2C(=O)O[C@@H](Cc2c(Cl)cncc2Cl)c2ccc(OC(F)F)c(OCC3CC3)c2)ccc1O. The summed E-state index contributed by atoms with van der Waals surface area (Å²) in [5, 5.41) is 10.5. The molecule has 1 amide bonds. The first kappa shape index (κ1) is 34.9. The molecule has 1 fully saturated rings. The van der Waals surface area contributed by atoms with Crippen LogP contribution in [0.3, 0.4) is 0 Å². The number of carbonyl (C=O) groups is 2. The summed E-state index contributed by atoms with van der Waals surface area (Å²) in [4.78, 5) is 31.0. The van der Waals surface area contributed by atoms with Crippen LogP contribution in [0.15, 0.2) is 72.0 Å². The second-order valence-electron chi connectivity index (χ2n) is 11.1. The van der Waals surface area contributed by atoms with Crippen molar-refractivity contribution in [1.82, 2.24) is 13.9 Å². The highest BCUT2D eigenvalue weighted by Crippen LogP contribution is 2.38. The normalized spacial score (nSPS) is 13.6. The first-order valence-corrected chi connectivity index (χ1v) is 16.6. The Morgan fingerprint density at radius 1 is 1.06 bits per heavy atom. The van der Waals surface area contributed by atoms with E-state index in [4.69, 9.17) is 32.7 Å². The Labute approximate surface area is 284 Å². The van der Waals surface area contributed by atoms with Gasteiger partial charge < -0.3 is 24.2 Å². The molecule has 1 N–H and O–H groups in total. The van der Waals surface area contributed by atoms with Gasteiger partial charge in [-0.3, -0.25) is 9.78 Å². The number of hydrogen-bond donors (Lipinski definition) is 1. The summed E-state index contributed by atoms with van der Waals surface area (Å²) >= 11 is 12.8. The molecular formula is C32H29Cl2F2N3O8S. The Hall–Kier alpha value is -4.40. The number of ether oxygens (including phenoxy) is 3. The van der Waals surface area contributed by atoms with Gasteiger partial charge in [-0.15, -0.1) is 0 Å². The van der Waals surface area contributed by atoms with Gasteiger partial charge in [0.25, 0.3) is 15.9 Å². The highest BCUT2D eigenvalue weighted by Gasteiger charge is 2.30. The summed E-state index contributed by atoms with van der Waals surface area (Å²) in [6, 6.07) is 9.75. The molecular weight excluding hydrogens is 695 g/mol. The molecule has 254 valence electrons. The van der Waals surface area contributed by atoms with Crippen LogP contribution in [0.1, 0.15) is 50.9 Å². The molecule has 1 atom stereocenters. The number of aromatic nitrogens is 2. The van der Waals surface area contributed by atoms with Gasteiger partial charge >= 0.3 is 12.6 Å². The molecule has 0 unspecified atom stereocenters. The zero-order valence-electron chi connectivity index (χ0n) is 25.5. The van der Waals surface area contributed by atoms with Crippen molar-refractivity contribution >= 4 is 45.1 Å². The average Bonchev–Trinajstić information content (AvgIpc) is 3.72. The van der Waals surface area contributed by atoms with Gasteiger partial charge in [-0.25, -0.2) is 17.2 Å². The average molecular weight is 725 g/mol. The zero-order valence-corrected chi connectivity index (χ0v) is 27.8. The van der Waals surface area contributed by atoms with Crippen molar-refractivity contribution in [2.75, 3.05) is 20.7 Å². The van der Waals surface area contributed by atoms with E-state index in [9.17, 15) is 31.9 Å². The van der Waals surface area contributed by atoms with Crippen LogP contribution in [-0.2, 0) is 21.2 Å². The van der Waals surface area contributed by atoms with Crippen LogP contribution in [-0.4, -0.2) is 66.6 Å². The van der Waals surface area contributed by atoms with E-state index in [0.29, 0.717) is 9.54 Å². The van der Waals surface area contributed by atoms with E-state index < -0.39 is 46.1 Å². The molecule has 1 aliphatic rings. The fourth-order valence-electron chi connectivity index (χ4n) is 4.69. The highest BCUT2D eigenvalue weighted by molar-refractivity contribution is 7.90. The van der Waals surface area contributed by atoms with E-state index >= 15 is 0 Å². The molecule has 0 bridgehead atoms. The maximum atomic E-state index is 13.7. The first-order valence-electron chi connectivity index (χ1n) is 14.4. The van der Waals surface area contributed by atoms with Crippen molar-refractivity contribution < 1.29 is 46.1 Å². The fourth-order valence-corrected chi connectivity index (χ4v) is 6.57. The number of aromatic hydroxyl groups is 1. The summed E-state index contributed by atoms with van der Waals surface area (Å²) in [5.41, 5.74) is -0.0263. The summed E-state index contributed by atoms with van der Waals surface area (Å²) in [5.74, 6) is -2.10. The lowest BCUT2D eigenvalue weighted by Crippen LogP contribution is -2.23. The van der Waals surface area contributed by atoms with Crippen molar-refractivity contribution in [1.29, 1.82) is 0 Å². The van der Waals surface area contributed by atoms with Crippen molar-refractivity contribution in [3.8, 4) is 17.2 Å². The lowest BCUT2D eigenvalue weighted by molar-refractivity contribution is -0.0515. The minimum atomic E-state index is -4.50. The zero-order chi connectivity index (χ0) is 34.7. The third-order valence-electron chi connectivity index (χ3n) is 7.40. The quantitative estimate of drug-likeness (QED) is 0.156. The number of esters is 1. The van der Waals surface area contributed by atoms with E-state index in [1.54, 1.807) is 0 Å². The number of hydrogen-bond acceptors (Lipinski definition) is 9. The second kappa shape index (κ2) is 14.4. The summed E-state index contributed by atoms with van der Waals surface area (Å²) in [6.45, 7) is -2.86. The van der Waals surface area contributed by atoms with E-state index in [0.717, 1.165) is 37.2 Å². The number of alkyl halides is 2. The largest absolute Gasteiger partial charge is 0.507 e. The van der Waals surface area contributed by atoms with Gasteiger partial charge in [0.2, 0.25) is 0 Å². The number of phenols is 1.